The van der Waals surface area contributed by atoms with Crippen molar-refractivity contribution in [1.29, 1.82) is 0 Å². The summed E-state index contributed by atoms with van der Waals surface area (Å²) in [5.41, 5.74) is -0.378. The van der Waals surface area contributed by atoms with Crippen molar-refractivity contribution in [3.05, 3.63) is 24.0 Å². The minimum absolute atomic E-state index is 0.151. The number of piperazine rings is 1. The van der Waals surface area contributed by atoms with E-state index in [1.165, 1.54) is 4.31 Å². The molecule has 1 saturated heterocycles. The third-order valence-electron chi connectivity index (χ3n) is 3.02. The summed E-state index contributed by atoms with van der Waals surface area (Å²) in [6.45, 7) is 1.55. The molecular weight excluding hydrogens is 321 g/mol. The van der Waals surface area contributed by atoms with Gasteiger partial charge in [-0.3, -0.25) is 4.72 Å². The van der Waals surface area contributed by atoms with Crippen LogP contribution in [-0.2, 0) is 20.0 Å². The number of nitrogens with one attached hydrogen (secondary N) is 2. The minimum Gasteiger partial charge on any atom is -0.314 e. The molecule has 1 heterocycles. The predicted molar refractivity (Wildman–Crippen MR) is 76.5 cm³/mol. The summed E-state index contributed by atoms with van der Waals surface area (Å²) in [7, 11) is -7.46. The Hall–Kier alpha value is -1.23. The summed E-state index contributed by atoms with van der Waals surface area (Å²) >= 11 is 0. The van der Waals surface area contributed by atoms with E-state index in [-0.39, 0.29) is 23.7 Å². The third kappa shape index (κ3) is 3.90. The number of hydrogen-bond donors (Lipinski definition) is 2. The molecule has 0 aliphatic carbocycles. The molecule has 1 aromatic carbocycles. The summed E-state index contributed by atoms with van der Waals surface area (Å²) in [4.78, 5) is -0.151. The van der Waals surface area contributed by atoms with Crippen LogP contribution in [0, 0.1) is 5.82 Å². The Morgan fingerprint density at radius 2 is 1.81 bits per heavy atom. The minimum atomic E-state index is -3.91. The number of rotatable bonds is 4. The summed E-state index contributed by atoms with van der Waals surface area (Å²) in [5.74, 6) is -0.832. The quantitative estimate of drug-likeness (QED) is 0.742. The molecule has 21 heavy (non-hydrogen) atoms. The zero-order valence-corrected chi connectivity index (χ0v) is 13.0. The number of benzene rings is 1. The Morgan fingerprint density at radius 3 is 2.38 bits per heavy atom. The van der Waals surface area contributed by atoms with Crippen LogP contribution in [0.15, 0.2) is 23.1 Å². The molecule has 10 heteroatoms. The van der Waals surface area contributed by atoms with E-state index in [2.05, 4.69) is 10.0 Å². The van der Waals surface area contributed by atoms with Crippen molar-refractivity contribution < 1.29 is 21.2 Å². The Kier molecular flexibility index (Phi) is 4.51. The number of sulfone groups is 1. The monoisotopic (exact) mass is 337 g/mol. The second kappa shape index (κ2) is 5.87. The van der Waals surface area contributed by atoms with E-state index in [1.807, 2.05) is 0 Å². The topological polar surface area (TPSA) is 95.6 Å². The molecule has 0 amide bonds. The van der Waals surface area contributed by atoms with Gasteiger partial charge in [0.1, 0.15) is 5.82 Å². The molecule has 1 aliphatic rings. The molecule has 0 unspecified atom stereocenters. The van der Waals surface area contributed by atoms with Crippen LogP contribution >= 0.6 is 0 Å². The number of nitrogens with zero attached hydrogens (tertiary/aromatic N) is 1. The molecule has 0 radical (unpaired) electrons. The molecule has 1 aromatic rings. The summed E-state index contributed by atoms with van der Waals surface area (Å²) in [6, 6.07) is 2.99. The average molecular weight is 337 g/mol. The fourth-order valence-electron chi connectivity index (χ4n) is 1.90. The highest BCUT2D eigenvalue weighted by Gasteiger charge is 2.25. The van der Waals surface area contributed by atoms with Gasteiger partial charge in [0, 0.05) is 32.4 Å². The van der Waals surface area contributed by atoms with Crippen molar-refractivity contribution in [3.63, 3.8) is 0 Å². The van der Waals surface area contributed by atoms with Gasteiger partial charge in [-0.15, -0.1) is 0 Å². The van der Waals surface area contributed by atoms with E-state index in [1.54, 1.807) is 0 Å². The van der Waals surface area contributed by atoms with E-state index in [0.717, 1.165) is 24.5 Å². The van der Waals surface area contributed by atoms with Gasteiger partial charge in [-0.2, -0.15) is 12.7 Å². The van der Waals surface area contributed by atoms with Crippen molar-refractivity contribution in [2.75, 3.05) is 37.2 Å². The average Bonchev–Trinajstić information content (AvgIpc) is 2.41. The van der Waals surface area contributed by atoms with Crippen molar-refractivity contribution >= 4 is 25.7 Å². The lowest BCUT2D eigenvalue weighted by Gasteiger charge is -2.27. The van der Waals surface area contributed by atoms with Gasteiger partial charge in [-0.25, -0.2) is 12.8 Å². The first-order chi connectivity index (χ1) is 9.70. The lowest BCUT2D eigenvalue weighted by molar-refractivity contribution is 0.362. The fourth-order valence-corrected chi connectivity index (χ4v) is 3.78. The predicted octanol–water partition coefficient (Wildman–Crippen LogP) is -0.209. The van der Waals surface area contributed by atoms with E-state index in [9.17, 15) is 21.2 Å². The van der Waals surface area contributed by atoms with Gasteiger partial charge in [0.15, 0.2) is 9.84 Å². The summed E-state index contributed by atoms with van der Waals surface area (Å²) < 4.78 is 64.1. The van der Waals surface area contributed by atoms with Crippen LogP contribution in [0.2, 0.25) is 0 Å². The maximum atomic E-state index is 13.7. The van der Waals surface area contributed by atoms with Gasteiger partial charge in [0.25, 0.3) is 0 Å². The van der Waals surface area contributed by atoms with Gasteiger partial charge >= 0.3 is 10.2 Å². The summed E-state index contributed by atoms with van der Waals surface area (Å²) in [5, 5.41) is 3.00. The highest BCUT2D eigenvalue weighted by Crippen LogP contribution is 2.21. The molecule has 1 aliphatic heterocycles. The second-order valence-electron chi connectivity index (χ2n) is 4.67. The van der Waals surface area contributed by atoms with Crippen molar-refractivity contribution in [2.45, 2.75) is 4.90 Å². The normalized spacial score (nSPS) is 17.6. The van der Waals surface area contributed by atoms with Crippen molar-refractivity contribution in [2.24, 2.45) is 0 Å². The van der Waals surface area contributed by atoms with E-state index >= 15 is 0 Å². The molecule has 0 aromatic heterocycles. The number of halogens is 1. The van der Waals surface area contributed by atoms with Crippen LogP contribution in [0.4, 0.5) is 10.1 Å². The molecule has 0 bridgehead atoms. The first kappa shape index (κ1) is 16.1. The third-order valence-corrected chi connectivity index (χ3v) is 5.65. The first-order valence-corrected chi connectivity index (χ1v) is 9.51. The molecule has 0 spiro atoms. The number of hydrogen-bond acceptors (Lipinski definition) is 5. The van der Waals surface area contributed by atoms with Gasteiger partial charge in [0.2, 0.25) is 0 Å². The van der Waals surface area contributed by atoms with Crippen LogP contribution in [0.3, 0.4) is 0 Å². The lowest BCUT2D eigenvalue weighted by atomic mass is 10.3. The van der Waals surface area contributed by atoms with E-state index in [4.69, 9.17) is 0 Å². The van der Waals surface area contributed by atoms with Gasteiger partial charge in [-0.1, -0.05) is 0 Å². The smallest absolute Gasteiger partial charge is 0.301 e. The highest BCUT2D eigenvalue weighted by molar-refractivity contribution is 7.91. The Bertz CT molecular complexity index is 728. The Morgan fingerprint density at radius 1 is 1.19 bits per heavy atom. The molecule has 1 fully saturated rings. The van der Waals surface area contributed by atoms with Crippen LogP contribution in [0.5, 0.6) is 0 Å². The zero-order valence-electron chi connectivity index (χ0n) is 11.3. The Balaban J connectivity index is 2.30. The van der Waals surface area contributed by atoms with Crippen molar-refractivity contribution in [3.8, 4) is 0 Å². The van der Waals surface area contributed by atoms with Crippen LogP contribution in [-0.4, -0.2) is 53.6 Å². The number of anilines is 1. The first-order valence-electron chi connectivity index (χ1n) is 6.18. The maximum absolute atomic E-state index is 13.7. The summed E-state index contributed by atoms with van der Waals surface area (Å²) in [6.07, 6.45) is 0.967. The molecule has 2 rings (SSSR count). The van der Waals surface area contributed by atoms with Crippen LogP contribution in [0.25, 0.3) is 0 Å². The highest BCUT2D eigenvalue weighted by atomic mass is 32.2. The SMILES string of the molecule is CS(=O)(=O)c1ccc(F)c(NS(=O)(=O)N2CCNCC2)c1. The lowest BCUT2D eigenvalue weighted by Crippen LogP contribution is -2.48. The van der Waals surface area contributed by atoms with Crippen LogP contribution < -0.4 is 10.0 Å². The van der Waals surface area contributed by atoms with Crippen molar-refractivity contribution in [1.82, 2.24) is 9.62 Å². The van der Waals surface area contributed by atoms with E-state index in [0.29, 0.717) is 13.1 Å². The molecule has 118 valence electrons. The van der Waals surface area contributed by atoms with E-state index < -0.39 is 25.9 Å². The van der Waals surface area contributed by atoms with Gasteiger partial charge in [0.05, 0.1) is 10.6 Å². The zero-order chi connectivity index (χ0) is 15.7. The van der Waals surface area contributed by atoms with Gasteiger partial charge in [-0.05, 0) is 18.2 Å². The van der Waals surface area contributed by atoms with Crippen LogP contribution in [0.1, 0.15) is 0 Å². The standard InChI is InChI=1S/C11H16FN3O4S2/c1-20(16,17)9-2-3-10(12)11(8-9)14-21(18,19)15-6-4-13-5-7-15/h2-3,8,13-14H,4-7H2,1H3. The molecule has 7 nitrogen and oxygen atoms in total. The van der Waals surface area contributed by atoms with Gasteiger partial charge < -0.3 is 5.32 Å². The molecular formula is C11H16FN3O4S2. The Labute approximate surface area is 123 Å². The largest absolute Gasteiger partial charge is 0.314 e. The maximum Gasteiger partial charge on any atom is 0.301 e. The molecule has 0 saturated carbocycles. The second-order valence-corrected chi connectivity index (χ2v) is 8.36. The molecule has 2 N–H and O–H groups in total. The molecule has 0 atom stereocenters. The fraction of sp³-hybridized carbons (Fsp3) is 0.455.